The molecule has 0 unspecified atom stereocenters. The van der Waals surface area contributed by atoms with Gasteiger partial charge in [0.05, 0.1) is 12.7 Å². The summed E-state index contributed by atoms with van der Waals surface area (Å²) in [6.45, 7) is 7.82. The SMILES string of the molecule is CN1CCN(CCCNCc2cnco2)CC1. The highest BCUT2D eigenvalue weighted by Crippen LogP contribution is 2.00. The topological polar surface area (TPSA) is 44.5 Å². The minimum Gasteiger partial charge on any atom is -0.447 e. The van der Waals surface area contributed by atoms with Crippen molar-refractivity contribution in [2.24, 2.45) is 0 Å². The number of rotatable bonds is 6. The molecule has 1 aromatic rings. The minimum atomic E-state index is 0.780. The summed E-state index contributed by atoms with van der Waals surface area (Å²) in [5, 5.41) is 3.37. The number of likely N-dealkylation sites (N-methyl/N-ethyl adjacent to an activating group) is 1. The first-order valence-corrected chi connectivity index (χ1v) is 6.33. The number of piperazine rings is 1. The second kappa shape index (κ2) is 6.74. The number of nitrogens with zero attached hydrogens (tertiary/aromatic N) is 3. The molecular weight excluding hydrogens is 216 g/mol. The fourth-order valence-corrected chi connectivity index (χ4v) is 2.04. The predicted molar refractivity (Wildman–Crippen MR) is 66.8 cm³/mol. The number of aromatic nitrogens is 1. The van der Waals surface area contributed by atoms with Crippen LogP contribution in [0.25, 0.3) is 0 Å². The molecule has 0 atom stereocenters. The van der Waals surface area contributed by atoms with E-state index in [0.29, 0.717) is 0 Å². The highest BCUT2D eigenvalue weighted by molar-refractivity contribution is 4.86. The number of oxazole rings is 1. The lowest BCUT2D eigenvalue weighted by Crippen LogP contribution is -2.45. The van der Waals surface area contributed by atoms with Gasteiger partial charge in [-0.05, 0) is 26.6 Å². The zero-order valence-corrected chi connectivity index (χ0v) is 10.6. The number of hydrogen-bond acceptors (Lipinski definition) is 5. The van der Waals surface area contributed by atoms with Crippen molar-refractivity contribution in [3.05, 3.63) is 18.4 Å². The van der Waals surface area contributed by atoms with E-state index in [0.717, 1.165) is 18.8 Å². The molecule has 5 heteroatoms. The van der Waals surface area contributed by atoms with Gasteiger partial charge >= 0.3 is 0 Å². The lowest BCUT2D eigenvalue weighted by Gasteiger charge is -2.32. The van der Waals surface area contributed by atoms with Crippen LogP contribution in [0.15, 0.2) is 17.0 Å². The van der Waals surface area contributed by atoms with Crippen LogP contribution in [0.1, 0.15) is 12.2 Å². The van der Waals surface area contributed by atoms with E-state index in [1.807, 2.05) is 0 Å². The zero-order chi connectivity index (χ0) is 11.9. The first-order chi connectivity index (χ1) is 8.34. The molecule has 1 fully saturated rings. The first-order valence-electron chi connectivity index (χ1n) is 6.33. The third kappa shape index (κ3) is 4.46. The van der Waals surface area contributed by atoms with Gasteiger partial charge in [-0.2, -0.15) is 0 Å². The van der Waals surface area contributed by atoms with Crippen molar-refractivity contribution in [1.29, 1.82) is 0 Å². The van der Waals surface area contributed by atoms with Crippen LogP contribution >= 0.6 is 0 Å². The molecule has 0 bridgehead atoms. The average molecular weight is 238 g/mol. The molecule has 1 aliphatic rings. The third-order valence-corrected chi connectivity index (χ3v) is 3.21. The summed E-state index contributed by atoms with van der Waals surface area (Å²) in [6, 6.07) is 0. The Kier molecular flexibility index (Phi) is 4.97. The molecule has 1 aromatic heterocycles. The van der Waals surface area contributed by atoms with Gasteiger partial charge in [-0.25, -0.2) is 4.98 Å². The van der Waals surface area contributed by atoms with Gasteiger partial charge < -0.3 is 19.5 Å². The molecule has 2 heterocycles. The third-order valence-electron chi connectivity index (χ3n) is 3.21. The van der Waals surface area contributed by atoms with Crippen molar-refractivity contribution >= 4 is 0 Å². The van der Waals surface area contributed by atoms with Gasteiger partial charge in [0.2, 0.25) is 0 Å². The van der Waals surface area contributed by atoms with Gasteiger partial charge in [0.15, 0.2) is 6.39 Å². The maximum absolute atomic E-state index is 5.15. The van der Waals surface area contributed by atoms with Gasteiger partial charge in [0.25, 0.3) is 0 Å². The number of nitrogens with one attached hydrogen (secondary N) is 1. The number of hydrogen-bond donors (Lipinski definition) is 1. The monoisotopic (exact) mass is 238 g/mol. The maximum atomic E-state index is 5.15. The second-order valence-electron chi connectivity index (χ2n) is 4.64. The molecule has 2 rings (SSSR count). The van der Waals surface area contributed by atoms with Crippen molar-refractivity contribution in [2.45, 2.75) is 13.0 Å². The summed E-state index contributed by atoms with van der Waals surface area (Å²) in [4.78, 5) is 8.81. The molecule has 0 amide bonds. The van der Waals surface area contributed by atoms with Crippen LogP contribution in [0, 0.1) is 0 Å². The zero-order valence-electron chi connectivity index (χ0n) is 10.6. The lowest BCUT2D eigenvalue weighted by atomic mass is 10.3. The normalized spacial score (nSPS) is 18.6. The summed E-state index contributed by atoms with van der Waals surface area (Å²) in [5.41, 5.74) is 0. The Hall–Kier alpha value is -0.910. The Bertz CT molecular complexity index is 293. The Morgan fingerprint density at radius 2 is 2.18 bits per heavy atom. The van der Waals surface area contributed by atoms with Gasteiger partial charge in [-0.15, -0.1) is 0 Å². The summed E-state index contributed by atoms with van der Waals surface area (Å²) >= 11 is 0. The largest absolute Gasteiger partial charge is 0.447 e. The molecule has 1 aliphatic heterocycles. The van der Waals surface area contributed by atoms with E-state index >= 15 is 0 Å². The Morgan fingerprint density at radius 3 is 2.88 bits per heavy atom. The van der Waals surface area contributed by atoms with Crippen molar-refractivity contribution in [1.82, 2.24) is 20.1 Å². The maximum Gasteiger partial charge on any atom is 0.180 e. The van der Waals surface area contributed by atoms with E-state index in [9.17, 15) is 0 Å². The Balaban J connectivity index is 1.49. The summed E-state index contributed by atoms with van der Waals surface area (Å²) < 4.78 is 5.15. The molecule has 0 aliphatic carbocycles. The Labute approximate surface area is 103 Å². The quantitative estimate of drug-likeness (QED) is 0.727. The molecule has 96 valence electrons. The van der Waals surface area contributed by atoms with Crippen LogP contribution in [-0.2, 0) is 6.54 Å². The van der Waals surface area contributed by atoms with Gasteiger partial charge in [-0.3, -0.25) is 0 Å². The van der Waals surface area contributed by atoms with Crippen LogP contribution < -0.4 is 5.32 Å². The summed E-state index contributed by atoms with van der Waals surface area (Å²) in [5.74, 6) is 0.907. The Morgan fingerprint density at radius 1 is 1.35 bits per heavy atom. The average Bonchev–Trinajstić information content (AvgIpc) is 2.84. The van der Waals surface area contributed by atoms with Crippen molar-refractivity contribution < 1.29 is 4.42 Å². The molecule has 1 saturated heterocycles. The van der Waals surface area contributed by atoms with E-state index in [-0.39, 0.29) is 0 Å². The van der Waals surface area contributed by atoms with Crippen molar-refractivity contribution in [3.8, 4) is 0 Å². The van der Waals surface area contributed by atoms with E-state index in [1.54, 1.807) is 6.20 Å². The van der Waals surface area contributed by atoms with Crippen molar-refractivity contribution in [3.63, 3.8) is 0 Å². The fraction of sp³-hybridized carbons (Fsp3) is 0.750. The molecular formula is C12H22N4O. The van der Waals surface area contributed by atoms with Gasteiger partial charge in [-0.1, -0.05) is 0 Å². The van der Waals surface area contributed by atoms with Crippen LogP contribution in [0.5, 0.6) is 0 Å². The lowest BCUT2D eigenvalue weighted by molar-refractivity contribution is 0.152. The van der Waals surface area contributed by atoms with E-state index in [4.69, 9.17) is 4.42 Å². The molecule has 5 nitrogen and oxygen atoms in total. The summed E-state index contributed by atoms with van der Waals surface area (Å²) in [7, 11) is 2.19. The molecule has 0 radical (unpaired) electrons. The van der Waals surface area contributed by atoms with Crippen LogP contribution in [0.3, 0.4) is 0 Å². The smallest absolute Gasteiger partial charge is 0.180 e. The fourth-order valence-electron chi connectivity index (χ4n) is 2.04. The molecule has 1 N–H and O–H groups in total. The highest BCUT2D eigenvalue weighted by atomic mass is 16.3. The van der Waals surface area contributed by atoms with Crippen LogP contribution in [0.2, 0.25) is 0 Å². The van der Waals surface area contributed by atoms with E-state index in [1.165, 1.54) is 45.5 Å². The van der Waals surface area contributed by atoms with Gasteiger partial charge in [0, 0.05) is 26.2 Å². The second-order valence-corrected chi connectivity index (χ2v) is 4.64. The van der Waals surface area contributed by atoms with Gasteiger partial charge in [0.1, 0.15) is 5.76 Å². The van der Waals surface area contributed by atoms with Crippen LogP contribution in [0.4, 0.5) is 0 Å². The predicted octanol–water partition coefficient (Wildman–Crippen LogP) is 0.402. The van der Waals surface area contributed by atoms with Crippen molar-refractivity contribution in [2.75, 3.05) is 46.3 Å². The van der Waals surface area contributed by atoms with E-state index in [2.05, 4.69) is 27.1 Å². The van der Waals surface area contributed by atoms with Crippen LogP contribution in [-0.4, -0.2) is 61.1 Å². The molecule has 0 spiro atoms. The molecule has 0 saturated carbocycles. The standard InChI is InChI=1S/C12H22N4O/c1-15-5-7-16(8-6-15)4-2-3-13-9-12-10-14-11-17-12/h10-11,13H,2-9H2,1H3. The van der Waals surface area contributed by atoms with E-state index < -0.39 is 0 Å². The summed E-state index contributed by atoms with van der Waals surface area (Å²) in [6.07, 6.45) is 4.42. The molecule has 17 heavy (non-hydrogen) atoms. The highest BCUT2D eigenvalue weighted by Gasteiger charge is 2.12. The minimum absolute atomic E-state index is 0.780. The first kappa shape index (κ1) is 12.5. The molecule has 0 aromatic carbocycles.